The van der Waals surface area contributed by atoms with Crippen molar-refractivity contribution in [3.63, 3.8) is 0 Å². The van der Waals surface area contributed by atoms with Gasteiger partial charge in [0.15, 0.2) is 5.78 Å². The van der Waals surface area contributed by atoms with E-state index in [0.29, 0.717) is 18.7 Å². The number of piperidine rings is 1. The summed E-state index contributed by atoms with van der Waals surface area (Å²) in [6, 6.07) is 6.17. The first kappa shape index (κ1) is 14.7. The van der Waals surface area contributed by atoms with Gasteiger partial charge in [-0.15, -0.1) is 0 Å². The van der Waals surface area contributed by atoms with Crippen molar-refractivity contribution in [1.29, 1.82) is 0 Å². The van der Waals surface area contributed by atoms with Crippen molar-refractivity contribution >= 4 is 31.7 Å². The summed E-state index contributed by atoms with van der Waals surface area (Å²) in [5.41, 5.74) is 0.523. The van der Waals surface area contributed by atoms with E-state index in [-0.39, 0.29) is 16.0 Å². The molecule has 0 bridgehead atoms. The van der Waals surface area contributed by atoms with Gasteiger partial charge in [0.2, 0.25) is 10.0 Å². The predicted molar refractivity (Wildman–Crippen MR) is 77.2 cm³/mol. The molecule has 1 saturated heterocycles. The van der Waals surface area contributed by atoms with Gasteiger partial charge in [0, 0.05) is 18.7 Å². The van der Waals surface area contributed by atoms with Crippen molar-refractivity contribution in [1.82, 2.24) is 4.31 Å². The van der Waals surface area contributed by atoms with Crippen LogP contribution in [0.15, 0.2) is 29.2 Å². The van der Waals surface area contributed by atoms with Crippen LogP contribution in [0.3, 0.4) is 0 Å². The summed E-state index contributed by atoms with van der Waals surface area (Å²) < 4.78 is 26.3. The van der Waals surface area contributed by atoms with Crippen molar-refractivity contribution in [2.75, 3.05) is 18.4 Å². The van der Waals surface area contributed by atoms with Crippen LogP contribution in [0.5, 0.6) is 0 Å². The topological polar surface area (TPSA) is 54.5 Å². The predicted octanol–water partition coefficient (Wildman–Crippen LogP) is 2.44. The number of ketones is 1. The number of carbonyl (C=O) groups excluding carboxylic acids is 1. The van der Waals surface area contributed by atoms with Gasteiger partial charge in [0.25, 0.3) is 0 Å². The van der Waals surface area contributed by atoms with E-state index in [0.717, 1.165) is 19.3 Å². The van der Waals surface area contributed by atoms with Crippen LogP contribution in [-0.4, -0.2) is 36.9 Å². The second kappa shape index (κ2) is 6.15. The SMILES string of the molecule is O=C(CBr)c1ccc(S(=O)(=O)N2CCCCC2)cc1. The fraction of sp³-hybridized carbons (Fsp3) is 0.462. The Kier molecular flexibility index (Phi) is 4.76. The molecule has 1 aliphatic rings. The average molecular weight is 346 g/mol. The number of nitrogens with zero attached hydrogens (tertiary/aromatic N) is 1. The third kappa shape index (κ3) is 3.24. The minimum absolute atomic E-state index is 0.0538. The molecule has 6 heteroatoms. The number of Topliss-reactive ketones (excluding diaryl/α,β-unsaturated/α-hetero) is 1. The second-order valence-corrected chi connectivity index (χ2v) is 7.04. The minimum atomic E-state index is -3.40. The van der Waals surface area contributed by atoms with Crippen molar-refractivity contribution in [2.24, 2.45) is 0 Å². The molecule has 104 valence electrons. The maximum Gasteiger partial charge on any atom is 0.243 e. The van der Waals surface area contributed by atoms with Gasteiger partial charge < -0.3 is 0 Å². The van der Waals surface area contributed by atoms with Crippen LogP contribution in [0.4, 0.5) is 0 Å². The first-order chi connectivity index (χ1) is 9.05. The summed E-state index contributed by atoms with van der Waals surface area (Å²) >= 11 is 3.10. The van der Waals surface area contributed by atoms with Gasteiger partial charge in [-0.3, -0.25) is 4.79 Å². The normalized spacial score (nSPS) is 17.3. The van der Waals surface area contributed by atoms with Crippen LogP contribution >= 0.6 is 15.9 Å². The molecule has 0 aliphatic carbocycles. The summed E-state index contributed by atoms with van der Waals surface area (Å²) in [5.74, 6) is -0.0538. The number of carbonyl (C=O) groups is 1. The molecule has 1 aromatic rings. The third-order valence-corrected chi connectivity index (χ3v) is 5.67. The summed E-state index contributed by atoms with van der Waals surface area (Å²) in [6.07, 6.45) is 2.92. The van der Waals surface area contributed by atoms with Crippen LogP contribution in [0.25, 0.3) is 0 Å². The highest BCUT2D eigenvalue weighted by Crippen LogP contribution is 2.21. The van der Waals surface area contributed by atoms with Crippen LogP contribution in [0, 0.1) is 0 Å². The fourth-order valence-corrected chi connectivity index (χ4v) is 3.99. The Bertz CT molecular complexity index is 548. The molecule has 1 aromatic carbocycles. The Morgan fingerprint density at radius 3 is 2.21 bits per heavy atom. The molecular weight excluding hydrogens is 330 g/mol. The molecule has 0 spiro atoms. The van der Waals surface area contributed by atoms with E-state index < -0.39 is 10.0 Å². The van der Waals surface area contributed by atoms with Gasteiger partial charge in [-0.2, -0.15) is 4.31 Å². The van der Waals surface area contributed by atoms with Gasteiger partial charge in [0.1, 0.15) is 0 Å². The Morgan fingerprint density at radius 2 is 1.68 bits per heavy atom. The lowest BCUT2D eigenvalue weighted by Crippen LogP contribution is -2.35. The number of rotatable bonds is 4. The molecular formula is C13H16BrNO3S. The largest absolute Gasteiger partial charge is 0.293 e. The molecule has 0 N–H and O–H groups in total. The van der Waals surface area contributed by atoms with E-state index in [1.165, 1.54) is 16.4 Å². The molecule has 0 atom stereocenters. The lowest BCUT2D eigenvalue weighted by molar-refractivity contribution is 0.102. The molecule has 1 heterocycles. The molecule has 19 heavy (non-hydrogen) atoms. The molecule has 1 fully saturated rings. The number of hydrogen-bond acceptors (Lipinski definition) is 3. The number of hydrogen-bond donors (Lipinski definition) is 0. The third-order valence-electron chi connectivity index (χ3n) is 3.25. The van der Waals surface area contributed by atoms with E-state index in [4.69, 9.17) is 0 Å². The Labute approximate surface area is 122 Å². The first-order valence-corrected chi connectivity index (χ1v) is 8.81. The van der Waals surface area contributed by atoms with Crippen molar-refractivity contribution < 1.29 is 13.2 Å². The zero-order valence-corrected chi connectivity index (χ0v) is 12.9. The second-order valence-electron chi connectivity index (χ2n) is 4.55. The molecule has 4 nitrogen and oxygen atoms in total. The summed E-state index contributed by atoms with van der Waals surface area (Å²) in [4.78, 5) is 11.7. The zero-order chi connectivity index (χ0) is 13.9. The maximum atomic E-state index is 12.4. The zero-order valence-electron chi connectivity index (χ0n) is 10.5. The van der Waals surface area contributed by atoms with Gasteiger partial charge in [-0.05, 0) is 25.0 Å². The molecule has 1 aliphatic heterocycles. The standard InChI is InChI=1S/C13H16BrNO3S/c14-10-13(16)11-4-6-12(7-5-11)19(17,18)15-8-2-1-3-9-15/h4-7H,1-3,8-10H2. The van der Waals surface area contributed by atoms with Crippen LogP contribution in [-0.2, 0) is 10.0 Å². The van der Waals surface area contributed by atoms with Crippen molar-refractivity contribution in [3.8, 4) is 0 Å². The van der Waals surface area contributed by atoms with Crippen LogP contribution in [0.1, 0.15) is 29.6 Å². The molecule has 0 amide bonds. The van der Waals surface area contributed by atoms with Crippen LogP contribution < -0.4 is 0 Å². The van der Waals surface area contributed by atoms with E-state index in [1.54, 1.807) is 12.1 Å². The van der Waals surface area contributed by atoms with Crippen molar-refractivity contribution in [3.05, 3.63) is 29.8 Å². The molecule has 0 unspecified atom stereocenters. The first-order valence-electron chi connectivity index (χ1n) is 6.25. The monoisotopic (exact) mass is 345 g/mol. The van der Waals surface area contributed by atoms with Gasteiger partial charge in [-0.25, -0.2) is 8.42 Å². The summed E-state index contributed by atoms with van der Waals surface area (Å²) in [7, 11) is -3.40. The minimum Gasteiger partial charge on any atom is -0.293 e. The van der Waals surface area contributed by atoms with E-state index >= 15 is 0 Å². The number of halogens is 1. The van der Waals surface area contributed by atoms with Gasteiger partial charge in [0.05, 0.1) is 10.2 Å². The maximum absolute atomic E-state index is 12.4. The Hall–Kier alpha value is -0.720. The smallest absolute Gasteiger partial charge is 0.243 e. The van der Waals surface area contributed by atoms with Gasteiger partial charge in [-0.1, -0.05) is 34.5 Å². The fourth-order valence-electron chi connectivity index (χ4n) is 2.14. The molecule has 0 radical (unpaired) electrons. The summed E-state index contributed by atoms with van der Waals surface area (Å²) in [5, 5.41) is 0.241. The number of benzene rings is 1. The molecule has 2 rings (SSSR count). The lowest BCUT2D eigenvalue weighted by atomic mass is 10.2. The summed E-state index contributed by atoms with van der Waals surface area (Å²) in [6.45, 7) is 1.18. The highest BCUT2D eigenvalue weighted by molar-refractivity contribution is 9.09. The van der Waals surface area contributed by atoms with E-state index in [9.17, 15) is 13.2 Å². The lowest BCUT2D eigenvalue weighted by Gasteiger charge is -2.25. The highest BCUT2D eigenvalue weighted by atomic mass is 79.9. The quantitative estimate of drug-likeness (QED) is 0.622. The highest BCUT2D eigenvalue weighted by Gasteiger charge is 2.25. The Balaban J connectivity index is 2.23. The number of alkyl halides is 1. The number of sulfonamides is 1. The van der Waals surface area contributed by atoms with Gasteiger partial charge >= 0.3 is 0 Å². The molecule has 0 aromatic heterocycles. The average Bonchev–Trinajstić information content (AvgIpc) is 2.47. The molecule has 0 saturated carbocycles. The van der Waals surface area contributed by atoms with E-state index in [2.05, 4.69) is 15.9 Å². The Morgan fingerprint density at radius 1 is 1.11 bits per heavy atom. The van der Waals surface area contributed by atoms with Crippen molar-refractivity contribution in [2.45, 2.75) is 24.2 Å². The van der Waals surface area contributed by atoms with E-state index in [1.807, 2.05) is 0 Å². The van der Waals surface area contributed by atoms with Crippen LogP contribution in [0.2, 0.25) is 0 Å².